The molecular formula is C19H25NO2. The maximum atomic E-state index is 12.4. The molecule has 0 spiro atoms. The summed E-state index contributed by atoms with van der Waals surface area (Å²) in [5.41, 5.74) is 2.25. The lowest BCUT2D eigenvalue weighted by Crippen LogP contribution is -2.34. The number of anilines is 1. The van der Waals surface area contributed by atoms with Crippen molar-refractivity contribution in [3.63, 3.8) is 0 Å². The van der Waals surface area contributed by atoms with E-state index in [9.17, 15) is 9.59 Å². The highest BCUT2D eigenvalue weighted by molar-refractivity contribution is 6.25. The fourth-order valence-corrected chi connectivity index (χ4v) is 3.04. The molecule has 0 aliphatic heterocycles. The third kappa shape index (κ3) is 3.29. The van der Waals surface area contributed by atoms with E-state index in [-0.39, 0.29) is 17.0 Å². The SMILES string of the molecule is CCC1(CC)CC(=O)C(=Cc2ccc(N(C)C)cc2)C(=O)C1. The van der Waals surface area contributed by atoms with E-state index in [2.05, 4.69) is 13.8 Å². The molecule has 1 fully saturated rings. The topological polar surface area (TPSA) is 37.4 Å². The highest BCUT2D eigenvalue weighted by atomic mass is 16.1. The van der Waals surface area contributed by atoms with Crippen molar-refractivity contribution in [1.29, 1.82) is 0 Å². The molecule has 0 N–H and O–H groups in total. The van der Waals surface area contributed by atoms with Gasteiger partial charge in [-0.2, -0.15) is 0 Å². The Bertz CT molecular complexity index is 570. The third-order valence-electron chi connectivity index (χ3n) is 4.89. The smallest absolute Gasteiger partial charge is 0.167 e. The predicted octanol–water partition coefficient (Wildman–Crippen LogP) is 3.87. The number of carbonyl (C=O) groups is 2. The van der Waals surface area contributed by atoms with Gasteiger partial charge < -0.3 is 4.90 Å². The van der Waals surface area contributed by atoms with Crippen LogP contribution in [-0.2, 0) is 9.59 Å². The van der Waals surface area contributed by atoms with E-state index in [1.54, 1.807) is 6.08 Å². The average Bonchev–Trinajstić information content (AvgIpc) is 2.51. The van der Waals surface area contributed by atoms with Crippen LogP contribution in [0.5, 0.6) is 0 Å². The Morgan fingerprint density at radius 2 is 1.50 bits per heavy atom. The molecule has 22 heavy (non-hydrogen) atoms. The molecule has 1 aliphatic rings. The lowest BCUT2D eigenvalue weighted by Gasteiger charge is -2.34. The summed E-state index contributed by atoms with van der Waals surface area (Å²) in [6.45, 7) is 4.14. The summed E-state index contributed by atoms with van der Waals surface area (Å²) >= 11 is 0. The summed E-state index contributed by atoms with van der Waals surface area (Å²) in [6.07, 6.45) is 4.50. The van der Waals surface area contributed by atoms with Gasteiger partial charge in [0.05, 0.1) is 5.57 Å². The fraction of sp³-hybridized carbons (Fsp3) is 0.474. The molecular weight excluding hydrogens is 274 g/mol. The van der Waals surface area contributed by atoms with Crippen molar-refractivity contribution in [2.75, 3.05) is 19.0 Å². The summed E-state index contributed by atoms with van der Waals surface area (Å²) in [6, 6.07) is 7.88. The molecule has 0 aromatic heterocycles. The van der Waals surface area contributed by atoms with Crippen LogP contribution in [0.15, 0.2) is 29.8 Å². The number of nitrogens with zero attached hydrogens (tertiary/aromatic N) is 1. The largest absolute Gasteiger partial charge is 0.378 e. The number of carbonyl (C=O) groups excluding carboxylic acids is 2. The Hall–Kier alpha value is -1.90. The number of ketones is 2. The molecule has 0 bridgehead atoms. The van der Waals surface area contributed by atoms with Crippen molar-refractivity contribution >= 4 is 23.3 Å². The first-order chi connectivity index (χ1) is 10.4. The maximum absolute atomic E-state index is 12.4. The zero-order valence-electron chi connectivity index (χ0n) is 14.0. The van der Waals surface area contributed by atoms with E-state index in [1.807, 2.05) is 43.3 Å². The molecule has 1 aliphatic carbocycles. The molecule has 1 saturated carbocycles. The fourth-order valence-electron chi connectivity index (χ4n) is 3.04. The third-order valence-corrected chi connectivity index (χ3v) is 4.89. The predicted molar refractivity (Wildman–Crippen MR) is 91.0 cm³/mol. The van der Waals surface area contributed by atoms with Crippen LogP contribution in [-0.4, -0.2) is 25.7 Å². The summed E-state index contributed by atoms with van der Waals surface area (Å²) in [4.78, 5) is 26.9. The van der Waals surface area contributed by atoms with E-state index in [1.165, 1.54) is 0 Å². The molecule has 1 aromatic carbocycles. The van der Waals surface area contributed by atoms with Crippen molar-refractivity contribution in [2.24, 2.45) is 5.41 Å². The number of allylic oxidation sites excluding steroid dienone is 1. The first-order valence-electron chi connectivity index (χ1n) is 7.96. The second kappa shape index (κ2) is 6.47. The molecule has 118 valence electrons. The Morgan fingerprint density at radius 1 is 1.00 bits per heavy atom. The summed E-state index contributed by atoms with van der Waals surface area (Å²) < 4.78 is 0. The Labute approximate surface area is 133 Å². The standard InChI is InChI=1S/C19H25NO2/c1-5-19(6-2)12-17(21)16(18(22)13-19)11-14-7-9-15(10-8-14)20(3)4/h7-11H,5-6,12-13H2,1-4H3. The Balaban J connectivity index is 2.25. The van der Waals surface area contributed by atoms with Crippen LogP contribution in [0.25, 0.3) is 6.08 Å². The van der Waals surface area contributed by atoms with E-state index in [0.717, 1.165) is 24.1 Å². The first-order valence-corrected chi connectivity index (χ1v) is 7.96. The van der Waals surface area contributed by atoms with Gasteiger partial charge >= 0.3 is 0 Å². The zero-order valence-corrected chi connectivity index (χ0v) is 14.0. The first kappa shape index (κ1) is 16.5. The van der Waals surface area contributed by atoms with Crippen molar-refractivity contribution < 1.29 is 9.59 Å². The van der Waals surface area contributed by atoms with Crippen LogP contribution in [0.1, 0.15) is 45.1 Å². The van der Waals surface area contributed by atoms with Gasteiger partial charge in [0.25, 0.3) is 0 Å². The molecule has 0 amide bonds. The van der Waals surface area contributed by atoms with Gasteiger partial charge in [-0.3, -0.25) is 9.59 Å². The van der Waals surface area contributed by atoms with Crippen molar-refractivity contribution in [2.45, 2.75) is 39.5 Å². The minimum atomic E-state index is -0.125. The van der Waals surface area contributed by atoms with Gasteiger partial charge in [-0.25, -0.2) is 0 Å². The molecule has 0 radical (unpaired) electrons. The van der Waals surface area contributed by atoms with Crippen LogP contribution < -0.4 is 4.90 Å². The normalized spacial score (nSPS) is 17.5. The van der Waals surface area contributed by atoms with E-state index >= 15 is 0 Å². The van der Waals surface area contributed by atoms with Crippen LogP contribution in [0.2, 0.25) is 0 Å². The number of rotatable bonds is 4. The highest BCUT2D eigenvalue weighted by Crippen LogP contribution is 2.40. The summed E-state index contributed by atoms with van der Waals surface area (Å²) in [5.74, 6) is -0.00623. The van der Waals surface area contributed by atoms with Gasteiger partial charge in [0, 0.05) is 32.6 Å². The number of hydrogen-bond acceptors (Lipinski definition) is 3. The quantitative estimate of drug-likeness (QED) is 0.625. The second-order valence-electron chi connectivity index (χ2n) is 6.45. The van der Waals surface area contributed by atoms with Gasteiger partial charge in [-0.15, -0.1) is 0 Å². The Morgan fingerprint density at radius 3 is 1.91 bits per heavy atom. The second-order valence-corrected chi connectivity index (χ2v) is 6.45. The number of benzene rings is 1. The highest BCUT2D eigenvalue weighted by Gasteiger charge is 2.39. The minimum Gasteiger partial charge on any atom is -0.378 e. The van der Waals surface area contributed by atoms with Gasteiger partial charge in [0.15, 0.2) is 11.6 Å². The summed E-state index contributed by atoms with van der Waals surface area (Å²) in [5, 5.41) is 0. The molecule has 1 aromatic rings. The molecule has 3 heteroatoms. The van der Waals surface area contributed by atoms with E-state index < -0.39 is 0 Å². The van der Waals surface area contributed by atoms with Gasteiger partial charge in [-0.05, 0) is 42.0 Å². The molecule has 0 atom stereocenters. The van der Waals surface area contributed by atoms with Gasteiger partial charge in [-0.1, -0.05) is 26.0 Å². The average molecular weight is 299 g/mol. The van der Waals surface area contributed by atoms with Crippen LogP contribution in [0.3, 0.4) is 0 Å². The van der Waals surface area contributed by atoms with Gasteiger partial charge in [0.2, 0.25) is 0 Å². The van der Waals surface area contributed by atoms with Crippen molar-refractivity contribution in [3.8, 4) is 0 Å². The van der Waals surface area contributed by atoms with Crippen molar-refractivity contribution in [1.82, 2.24) is 0 Å². The van der Waals surface area contributed by atoms with Crippen LogP contribution in [0.4, 0.5) is 5.69 Å². The maximum Gasteiger partial charge on any atom is 0.167 e. The van der Waals surface area contributed by atoms with Gasteiger partial charge in [0.1, 0.15) is 0 Å². The summed E-state index contributed by atoms with van der Waals surface area (Å²) in [7, 11) is 3.97. The van der Waals surface area contributed by atoms with Crippen LogP contribution in [0, 0.1) is 5.41 Å². The number of hydrogen-bond donors (Lipinski definition) is 0. The molecule has 3 nitrogen and oxygen atoms in total. The minimum absolute atomic E-state index is 0.00311. The molecule has 2 rings (SSSR count). The van der Waals surface area contributed by atoms with Crippen LogP contribution >= 0.6 is 0 Å². The Kier molecular flexibility index (Phi) is 4.84. The lowest BCUT2D eigenvalue weighted by atomic mass is 9.68. The van der Waals surface area contributed by atoms with Crippen molar-refractivity contribution in [3.05, 3.63) is 35.4 Å². The molecule has 0 saturated heterocycles. The lowest BCUT2D eigenvalue weighted by molar-refractivity contribution is -0.128. The van der Waals surface area contributed by atoms with E-state index in [4.69, 9.17) is 0 Å². The molecule has 0 unspecified atom stereocenters. The monoisotopic (exact) mass is 299 g/mol. The number of Topliss-reactive ketones (excluding diaryl/α,β-unsaturated/α-hetero) is 2. The molecule has 0 heterocycles. The van der Waals surface area contributed by atoms with E-state index in [0.29, 0.717) is 18.4 Å². The zero-order chi connectivity index (χ0) is 16.3.